The predicted octanol–water partition coefficient (Wildman–Crippen LogP) is 2.95. The van der Waals surface area contributed by atoms with Gasteiger partial charge in [-0.15, -0.1) is 0 Å². The first-order chi connectivity index (χ1) is 13.4. The Bertz CT molecular complexity index is 717. The quantitative estimate of drug-likeness (QED) is 0.777. The Morgan fingerprint density at radius 1 is 1.18 bits per heavy atom. The summed E-state index contributed by atoms with van der Waals surface area (Å²) in [5.41, 5.74) is 0.250. The number of nitrogens with one attached hydrogen (secondary N) is 1. The highest BCUT2D eigenvalue weighted by molar-refractivity contribution is 5.93. The Morgan fingerprint density at radius 2 is 1.93 bits per heavy atom. The molecular formula is C21H29NO6. The van der Waals surface area contributed by atoms with Crippen molar-refractivity contribution in [3.8, 4) is 17.2 Å². The Hall–Kier alpha value is -2.44. The molecular weight excluding hydrogens is 362 g/mol. The van der Waals surface area contributed by atoms with Crippen LogP contribution < -0.4 is 19.5 Å². The second kappa shape index (κ2) is 8.71. The van der Waals surface area contributed by atoms with Crippen LogP contribution in [-0.2, 0) is 9.53 Å². The van der Waals surface area contributed by atoms with Gasteiger partial charge in [0.2, 0.25) is 5.75 Å². The van der Waals surface area contributed by atoms with Crippen molar-refractivity contribution in [2.24, 2.45) is 11.8 Å². The molecule has 1 aromatic carbocycles. The molecule has 1 amide bonds. The van der Waals surface area contributed by atoms with Crippen LogP contribution >= 0.6 is 0 Å². The highest BCUT2D eigenvalue weighted by atomic mass is 16.6. The maximum atomic E-state index is 12.6. The molecule has 1 saturated carbocycles. The molecule has 0 unspecified atom stereocenters. The lowest BCUT2D eigenvalue weighted by atomic mass is 9.78. The summed E-state index contributed by atoms with van der Waals surface area (Å²) in [4.78, 5) is 25.1. The van der Waals surface area contributed by atoms with Crippen molar-refractivity contribution < 1.29 is 28.5 Å². The van der Waals surface area contributed by atoms with Gasteiger partial charge in [-0.25, -0.2) is 4.79 Å². The predicted molar refractivity (Wildman–Crippen MR) is 103 cm³/mol. The molecule has 0 aromatic heterocycles. The molecule has 0 radical (unpaired) electrons. The SMILES string of the molecule is COc1cc(C(=O)O[C@H](C)C(=O)N[C@@H]2CCC[C@H](C)[C@H]2C)cc2c1OCCO2. The Labute approximate surface area is 165 Å². The number of hydrogen-bond donors (Lipinski definition) is 1. The molecule has 0 bridgehead atoms. The van der Waals surface area contributed by atoms with Crippen LogP contribution in [0, 0.1) is 11.8 Å². The molecule has 3 rings (SSSR count). The van der Waals surface area contributed by atoms with E-state index in [-0.39, 0.29) is 17.5 Å². The molecule has 1 heterocycles. The number of amides is 1. The number of esters is 1. The number of benzene rings is 1. The van der Waals surface area contributed by atoms with Gasteiger partial charge in [0.1, 0.15) is 13.2 Å². The third kappa shape index (κ3) is 4.34. The van der Waals surface area contributed by atoms with Crippen molar-refractivity contribution in [3.05, 3.63) is 17.7 Å². The number of carbonyl (C=O) groups is 2. The first kappa shape index (κ1) is 20.3. The normalized spacial score (nSPS) is 24.8. The minimum absolute atomic E-state index is 0.117. The van der Waals surface area contributed by atoms with Crippen molar-refractivity contribution in [2.75, 3.05) is 20.3 Å². The van der Waals surface area contributed by atoms with Gasteiger partial charge in [-0.05, 0) is 37.3 Å². The van der Waals surface area contributed by atoms with Crippen molar-refractivity contribution in [1.82, 2.24) is 5.32 Å². The summed E-state index contributed by atoms with van der Waals surface area (Å²) in [5.74, 6) is 1.39. The fraction of sp³-hybridized carbons (Fsp3) is 0.619. The number of hydrogen-bond acceptors (Lipinski definition) is 6. The Kier molecular flexibility index (Phi) is 6.31. The highest BCUT2D eigenvalue weighted by Crippen LogP contribution is 2.40. The summed E-state index contributed by atoms with van der Waals surface area (Å²) in [6, 6.07) is 3.20. The second-order valence-electron chi connectivity index (χ2n) is 7.63. The number of methoxy groups -OCH3 is 1. The smallest absolute Gasteiger partial charge is 0.339 e. The zero-order chi connectivity index (χ0) is 20.3. The van der Waals surface area contributed by atoms with E-state index in [1.807, 2.05) is 0 Å². The number of carbonyl (C=O) groups excluding carboxylic acids is 2. The lowest BCUT2D eigenvalue weighted by molar-refractivity contribution is -0.130. The van der Waals surface area contributed by atoms with E-state index in [1.165, 1.54) is 19.6 Å². The van der Waals surface area contributed by atoms with Crippen LogP contribution in [0.15, 0.2) is 12.1 Å². The van der Waals surface area contributed by atoms with E-state index in [2.05, 4.69) is 19.2 Å². The third-order valence-corrected chi connectivity index (χ3v) is 5.75. The Balaban J connectivity index is 1.64. The van der Waals surface area contributed by atoms with E-state index in [9.17, 15) is 9.59 Å². The number of ether oxygens (including phenoxy) is 4. The first-order valence-corrected chi connectivity index (χ1v) is 9.89. The van der Waals surface area contributed by atoms with Crippen molar-refractivity contribution in [3.63, 3.8) is 0 Å². The molecule has 2 aliphatic rings. The van der Waals surface area contributed by atoms with Crippen molar-refractivity contribution >= 4 is 11.9 Å². The average molecular weight is 391 g/mol. The molecule has 1 aliphatic carbocycles. The molecule has 1 aliphatic heterocycles. The topological polar surface area (TPSA) is 83.1 Å². The molecule has 1 N–H and O–H groups in total. The summed E-state index contributed by atoms with van der Waals surface area (Å²) in [6.07, 6.45) is 2.35. The van der Waals surface area contributed by atoms with E-state index < -0.39 is 12.1 Å². The summed E-state index contributed by atoms with van der Waals surface area (Å²) in [6.45, 7) is 6.77. The molecule has 0 spiro atoms. The van der Waals surface area contributed by atoms with Crippen LogP contribution in [0.3, 0.4) is 0 Å². The lowest BCUT2D eigenvalue weighted by Gasteiger charge is -2.35. The summed E-state index contributed by atoms with van der Waals surface area (Å²) in [5, 5.41) is 3.04. The molecule has 7 heteroatoms. The molecule has 1 fully saturated rings. The van der Waals surface area contributed by atoms with E-state index >= 15 is 0 Å². The minimum Gasteiger partial charge on any atom is -0.493 e. The van der Waals surface area contributed by atoms with Gasteiger partial charge in [-0.1, -0.05) is 26.7 Å². The molecule has 4 atom stereocenters. The van der Waals surface area contributed by atoms with Crippen LogP contribution in [0.1, 0.15) is 50.4 Å². The number of rotatable bonds is 5. The third-order valence-electron chi connectivity index (χ3n) is 5.75. The van der Waals surface area contributed by atoms with Gasteiger partial charge in [-0.3, -0.25) is 4.79 Å². The largest absolute Gasteiger partial charge is 0.493 e. The van der Waals surface area contributed by atoms with E-state index in [0.717, 1.165) is 12.8 Å². The molecule has 154 valence electrons. The van der Waals surface area contributed by atoms with E-state index in [0.29, 0.717) is 42.3 Å². The maximum Gasteiger partial charge on any atom is 0.339 e. The van der Waals surface area contributed by atoms with Crippen molar-refractivity contribution in [2.45, 2.75) is 52.2 Å². The van der Waals surface area contributed by atoms with Gasteiger partial charge < -0.3 is 24.3 Å². The monoisotopic (exact) mass is 391 g/mol. The van der Waals surface area contributed by atoms with Gasteiger partial charge in [0.25, 0.3) is 5.91 Å². The fourth-order valence-corrected chi connectivity index (χ4v) is 3.76. The number of fused-ring (bicyclic) bond motifs is 1. The summed E-state index contributed by atoms with van der Waals surface area (Å²) in [7, 11) is 1.49. The van der Waals surface area contributed by atoms with Crippen molar-refractivity contribution in [1.29, 1.82) is 0 Å². The van der Waals surface area contributed by atoms with E-state index in [1.54, 1.807) is 13.0 Å². The second-order valence-corrected chi connectivity index (χ2v) is 7.63. The zero-order valence-corrected chi connectivity index (χ0v) is 16.9. The van der Waals surface area contributed by atoms with Crippen LogP contribution in [0.2, 0.25) is 0 Å². The van der Waals surface area contributed by atoms with Crippen LogP contribution in [0.4, 0.5) is 0 Å². The van der Waals surface area contributed by atoms with Gasteiger partial charge in [0.05, 0.1) is 12.7 Å². The van der Waals surface area contributed by atoms with Crippen LogP contribution in [-0.4, -0.2) is 44.3 Å². The zero-order valence-electron chi connectivity index (χ0n) is 16.9. The van der Waals surface area contributed by atoms with Gasteiger partial charge >= 0.3 is 5.97 Å². The highest BCUT2D eigenvalue weighted by Gasteiger charge is 2.30. The van der Waals surface area contributed by atoms with Crippen LogP contribution in [0.25, 0.3) is 0 Å². The first-order valence-electron chi connectivity index (χ1n) is 9.89. The standard InChI is InChI=1S/C21H29NO6/c1-12-6-5-7-16(13(12)2)22-20(23)14(3)28-21(24)15-10-17(25-4)19-18(11-15)26-8-9-27-19/h10-14,16H,5-9H2,1-4H3,(H,22,23)/t12-,13+,14+,16+/m0/s1. The molecule has 1 aromatic rings. The average Bonchev–Trinajstić information content (AvgIpc) is 2.70. The lowest BCUT2D eigenvalue weighted by Crippen LogP contribution is -2.47. The van der Waals surface area contributed by atoms with Gasteiger partial charge in [-0.2, -0.15) is 0 Å². The summed E-state index contributed by atoms with van der Waals surface area (Å²) >= 11 is 0. The van der Waals surface area contributed by atoms with Gasteiger partial charge in [0, 0.05) is 6.04 Å². The van der Waals surface area contributed by atoms with Gasteiger partial charge in [0.15, 0.2) is 17.6 Å². The van der Waals surface area contributed by atoms with E-state index in [4.69, 9.17) is 18.9 Å². The minimum atomic E-state index is -0.892. The van der Waals surface area contributed by atoms with Crippen LogP contribution in [0.5, 0.6) is 17.2 Å². The molecule has 28 heavy (non-hydrogen) atoms. The Morgan fingerprint density at radius 3 is 2.68 bits per heavy atom. The summed E-state index contributed by atoms with van der Waals surface area (Å²) < 4.78 is 21.8. The molecule has 0 saturated heterocycles. The maximum absolute atomic E-state index is 12.6. The fourth-order valence-electron chi connectivity index (χ4n) is 3.76. The molecule has 7 nitrogen and oxygen atoms in total.